The van der Waals surface area contributed by atoms with Crippen LogP contribution in [0.1, 0.15) is 79.8 Å². The monoisotopic (exact) mass is 362 g/mol. The summed E-state index contributed by atoms with van der Waals surface area (Å²) in [5.74, 6) is -0.919. The fourth-order valence-electron chi connectivity index (χ4n) is 3.63. The molecule has 2 rings (SSSR count). The number of hydrogen-bond donors (Lipinski definition) is 3. The Morgan fingerprint density at radius 2 is 2.08 bits per heavy atom. The molecule has 0 fully saturated rings. The Balaban J connectivity index is 2.46. The summed E-state index contributed by atoms with van der Waals surface area (Å²) in [5, 5.41) is 30.3. The number of carbonyl (C=O) groups is 1. The highest BCUT2D eigenvalue weighted by Gasteiger charge is 2.28. The van der Waals surface area contributed by atoms with Crippen molar-refractivity contribution in [3.8, 4) is 11.5 Å². The van der Waals surface area contributed by atoms with Crippen LogP contribution in [0.4, 0.5) is 0 Å². The van der Waals surface area contributed by atoms with Crippen LogP contribution in [-0.4, -0.2) is 34.5 Å². The number of benzene rings is 1. The van der Waals surface area contributed by atoms with Gasteiger partial charge in [0, 0.05) is 11.5 Å². The second-order valence-corrected chi connectivity index (χ2v) is 7.02. The van der Waals surface area contributed by atoms with E-state index in [1.54, 1.807) is 6.07 Å². The first-order valence-corrected chi connectivity index (χ1v) is 9.52. The molecule has 0 saturated carbocycles. The van der Waals surface area contributed by atoms with Crippen molar-refractivity contribution >= 4 is 5.97 Å². The highest BCUT2D eigenvalue weighted by atomic mass is 16.5. The van der Waals surface area contributed by atoms with E-state index in [1.807, 2.05) is 6.92 Å². The Morgan fingerprint density at radius 3 is 2.73 bits per heavy atom. The van der Waals surface area contributed by atoms with Crippen molar-refractivity contribution in [2.75, 3.05) is 13.2 Å². The van der Waals surface area contributed by atoms with E-state index in [1.165, 1.54) is 5.57 Å². The van der Waals surface area contributed by atoms with Crippen LogP contribution in [0.25, 0.3) is 0 Å². The predicted octanol–water partition coefficient (Wildman–Crippen LogP) is 4.19. The third-order valence-electron chi connectivity index (χ3n) is 4.92. The second kappa shape index (κ2) is 9.62. The van der Waals surface area contributed by atoms with Crippen molar-refractivity contribution < 1.29 is 24.9 Å². The third kappa shape index (κ3) is 4.79. The van der Waals surface area contributed by atoms with E-state index in [9.17, 15) is 15.0 Å². The summed E-state index contributed by atoms with van der Waals surface area (Å²) < 4.78 is 5.06. The highest BCUT2D eigenvalue weighted by Crippen LogP contribution is 2.44. The summed E-state index contributed by atoms with van der Waals surface area (Å²) in [5.41, 5.74) is 2.34. The summed E-state index contributed by atoms with van der Waals surface area (Å²) in [6.45, 7) is 3.74. The Morgan fingerprint density at radius 1 is 1.31 bits per heavy atom. The number of allylic oxidation sites excluding steroid dienone is 2. The number of hydrogen-bond acceptors (Lipinski definition) is 5. The number of phenolic OH excluding ortho intramolecular Hbond substituents is 2. The van der Waals surface area contributed by atoms with E-state index in [0.717, 1.165) is 38.5 Å². The van der Waals surface area contributed by atoms with Crippen molar-refractivity contribution in [3.63, 3.8) is 0 Å². The Labute approximate surface area is 155 Å². The maximum absolute atomic E-state index is 12.5. The molecule has 0 amide bonds. The zero-order chi connectivity index (χ0) is 19.1. The van der Waals surface area contributed by atoms with Gasteiger partial charge in [0.05, 0.1) is 6.61 Å². The van der Waals surface area contributed by atoms with Crippen LogP contribution >= 0.6 is 0 Å². The molecule has 0 heterocycles. The van der Waals surface area contributed by atoms with E-state index in [0.29, 0.717) is 17.5 Å². The standard InChI is InChI=1S/C21H30O5/c1-3-4-5-8-16-13-17(23)18(15-9-6-7-14(2)12-15)20(24)19(16)21(25)26-11-10-22/h12-13,15,22-24H,3-11H2,1-2H3. The molecule has 0 saturated heterocycles. The van der Waals surface area contributed by atoms with Crippen LogP contribution in [0.2, 0.25) is 0 Å². The van der Waals surface area contributed by atoms with Gasteiger partial charge in [-0.2, -0.15) is 0 Å². The van der Waals surface area contributed by atoms with Gasteiger partial charge in [-0.05, 0) is 50.7 Å². The minimum Gasteiger partial charge on any atom is -0.507 e. The SMILES string of the molecule is CCCCCc1cc(O)c(C2C=C(C)CCC2)c(O)c1C(=O)OCCO. The van der Waals surface area contributed by atoms with Crippen LogP contribution in [-0.2, 0) is 11.2 Å². The molecule has 1 unspecified atom stereocenters. The van der Waals surface area contributed by atoms with Gasteiger partial charge in [-0.1, -0.05) is 31.4 Å². The predicted molar refractivity (Wildman–Crippen MR) is 101 cm³/mol. The van der Waals surface area contributed by atoms with Gasteiger partial charge in [-0.3, -0.25) is 0 Å². The molecule has 1 aromatic carbocycles. The number of ether oxygens (including phenoxy) is 1. The largest absolute Gasteiger partial charge is 0.507 e. The first-order valence-electron chi connectivity index (χ1n) is 9.52. The van der Waals surface area contributed by atoms with Gasteiger partial charge in [0.2, 0.25) is 0 Å². The van der Waals surface area contributed by atoms with E-state index >= 15 is 0 Å². The summed E-state index contributed by atoms with van der Waals surface area (Å²) in [6.07, 6.45) is 8.34. The van der Waals surface area contributed by atoms with E-state index in [-0.39, 0.29) is 36.2 Å². The van der Waals surface area contributed by atoms with Crippen LogP contribution in [0.3, 0.4) is 0 Å². The van der Waals surface area contributed by atoms with Crippen molar-refractivity contribution in [2.24, 2.45) is 0 Å². The first kappa shape index (κ1) is 20.3. The molecule has 3 N–H and O–H groups in total. The summed E-state index contributed by atoms with van der Waals surface area (Å²) in [7, 11) is 0. The molecular formula is C21H30O5. The number of phenols is 2. The minimum atomic E-state index is -0.652. The lowest BCUT2D eigenvalue weighted by Crippen LogP contribution is -2.14. The van der Waals surface area contributed by atoms with Crippen LogP contribution in [0, 0.1) is 0 Å². The van der Waals surface area contributed by atoms with E-state index < -0.39 is 5.97 Å². The zero-order valence-electron chi connectivity index (χ0n) is 15.8. The molecule has 1 aliphatic rings. The minimum absolute atomic E-state index is 0.0312. The third-order valence-corrected chi connectivity index (χ3v) is 4.92. The molecule has 0 aliphatic heterocycles. The molecular weight excluding hydrogens is 332 g/mol. The number of aliphatic hydroxyl groups excluding tert-OH is 1. The smallest absolute Gasteiger partial charge is 0.342 e. The Kier molecular flexibility index (Phi) is 7.51. The van der Waals surface area contributed by atoms with E-state index in [4.69, 9.17) is 9.84 Å². The molecule has 1 aromatic rings. The fourth-order valence-corrected chi connectivity index (χ4v) is 3.63. The van der Waals surface area contributed by atoms with Gasteiger partial charge in [-0.15, -0.1) is 0 Å². The van der Waals surface area contributed by atoms with Crippen molar-refractivity contribution in [1.29, 1.82) is 0 Å². The van der Waals surface area contributed by atoms with Gasteiger partial charge in [0.1, 0.15) is 23.7 Å². The van der Waals surface area contributed by atoms with E-state index in [2.05, 4.69) is 13.0 Å². The number of unbranched alkanes of at least 4 members (excludes halogenated alkanes) is 2. The van der Waals surface area contributed by atoms with Crippen molar-refractivity contribution in [3.05, 3.63) is 34.4 Å². The molecule has 26 heavy (non-hydrogen) atoms. The van der Waals surface area contributed by atoms with Gasteiger partial charge in [0.25, 0.3) is 0 Å². The fraction of sp³-hybridized carbons (Fsp3) is 0.571. The average Bonchev–Trinajstić information content (AvgIpc) is 2.60. The zero-order valence-corrected chi connectivity index (χ0v) is 15.8. The molecule has 0 bridgehead atoms. The lowest BCUT2D eigenvalue weighted by Gasteiger charge is -2.24. The van der Waals surface area contributed by atoms with Crippen LogP contribution in [0.5, 0.6) is 11.5 Å². The molecule has 5 nitrogen and oxygen atoms in total. The Bertz CT molecular complexity index is 663. The summed E-state index contributed by atoms with van der Waals surface area (Å²) in [6, 6.07) is 1.60. The average molecular weight is 362 g/mol. The van der Waals surface area contributed by atoms with Gasteiger partial charge >= 0.3 is 5.97 Å². The quantitative estimate of drug-likeness (QED) is 0.367. The molecule has 5 heteroatoms. The first-order chi connectivity index (χ1) is 12.5. The van der Waals surface area contributed by atoms with Crippen LogP contribution < -0.4 is 0 Å². The maximum Gasteiger partial charge on any atom is 0.342 e. The molecule has 1 atom stereocenters. The number of carbonyl (C=O) groups excluding carboxylic acids is 1. The highest BCUT2D eigenvalue weighted by molar-refractivity contribution is 5.95. The molecule has 144 valence electrons. The summed E-state index contributed by atoms with van der Waals surface area (Å²) in [4.78, 5) is 12.5. The van der Waals surface area contributed by atoms with Gasteiger partial charge in [-0.25, -0.2) is 4.79 Å². The number of rotatable bonds is 8. The second-order valence-electron chi connectivity index (χ2n) is 7.02. The Hall–Kier alpha value is -2.01. The normalized spacial score (nSPS) is 17.0. The summed E-state index contributed by atoms with van der Waals surface area (Å²) >= 11 is 0. The molecule has 0 radical (unpaired) electrons. The van der Waals surface area contributed by atoms with Gasteiger partial charge in [0.15, 0.2) is 0 Å². The van der Waals surface area contributed by atoms with Crippen molar-refractivity contribution in [1.82, 2.24) is 0 Å². The maximum atomic E-state index is 12.5. The number of aliphatic hydroxyl groups is 1. The molecule has 1 aliphatic carbocycles. The topological polar surface area (TPSA) is 87.0 Å². The van der Waals surface area contributed by atoms with Crippen molar-refractivity contribution in [2.45, 2.75) is 64.7 Å². The number of esters is 1. The van der Waals surface area contributed by atoms with Crippen LogP contribution in [0.15, 0.2) is 17.7 Å². The number of aryl methyl sites for hydroxylation is 1. The molecule has 0 spiro atoms. The number of aromatic hydroxyl groups is 2. The molecule has 0 aromatic heterocycles. The van der Waals surface area contributed by atoms with Gasteiger partial charge < -0.3 is 20.1 Å². The lowest BCUT2D eigenvalue weighted by atomic mass is 9.83. The lowest BCUT2D eigenvalue weighted by molar-refractivity contribution is 0.0429.